The van der Waals surface area contributed by atoms with Gasteiger partial charge in [-0.1, -0.05) is 30.3 Å². The lowest BCUT2D eigenvalue weighted by Crippen LogP contribution is -2.22. The number of nitrogens with zero attached hydrogens (tertiary/aromatic N) is 2. The van der Waals surface area contributed by atoms with Gasteiger partial charge in [-0.05, 0) is 49.8 Å². The third-order valence-corrected chi connectivity index (χ3v) is 6.22. The largest absolute Gasteiger partial charge is 0.462 e. The Bertz CT molecular complexity index is 1180. The van der Waals surface area contributed by atoms with Crippen LogP contribution in [0.3, 0.4) is 0 Å². The lowest BCUT2D eigenvalue weighted by molar-refractivity contribution is -0.138. The minimum atomic E-state index is -0.899. The van der Waals surface area contributed by atoms with E-state index in [4.69, 9.17) is 10.5 Å². The fourth-order valence-electron chi connectivity index (χ4n) is 3.48. The van der Waals surface area contributed by atoms with Gasteiger partial charge in [-0.3, -0.25) is 4.79 Å². The third-order valence-electron chi connectivity index (χ3n) is 5.02. The topological polar surface area (TPSA) is 129 Å². The molecule has 2 aromatic rings. The Hall–Kier alpha value is -3.88. The molecule has 3 rings (SSSR count). The highest BCUT2D eigenvalue weighted by Crippen LogP contribution is 2.38. The summed E-state index contributed by atoms with van der Waals surface area (Å²) >= 11 is 1.38. The van der Waals surface area contributed by atoms with Crippen LogP contribution in [0.5, 0.6) is 0 Å². The molecular weight excluding hydrogens is 424 g/mol. The van der Waals surface area contributed by atoms with Gasteiger partial charge in [0.1, 0.15) is 17.1 Å². The minimum Gasteiger partial charge on any atom is -0.462 e. The second kappa shape index (κ2) is 10.4. The van der Waals surface area contributed by atoms with Crippen LogP contribution < -0.4 is 11.1 Å². The molecule has 0 bridgehead atoms. The van der Waals surface area contributed by atoms with Gasteiger partial charge < -0.3 is 15.8 Å². The summed E-state index contributed by atoms with van der Waals surface area (Å²) in [6.45, 7) is 1.67. The van der Waals surface area contributed by atoms with Crippen molar-refractivity contribution in [2.45, 2.75) is 32.6 Å². The van der Waals surface area contributed by atoms with E-state index in [1.54, 1.807) is 37.3 Å². The van der Waals surface area contributed by atoms with Crippen molar-refractivity contribution < 1.29 is 14.3 Å². The van der Waals surface area contributed by atoms with Crippen LogP contribution in [0.15, 0.2) is 47.2 Å². The zero-order valence-electron chi connectivity index (χ0n) is 17.6. The van der Waals surface area contributed by atoms with E-state index < -0.39 is 17.4 Å². The summed E-state index contributed by atoms with van der Waals surface area (Å²) in [6.07, 6.45) is 5.24. The van der Waals surface area contributed by atoms with E-state index in [2.05, 4.69) is 11.4 Å². The molecule has 162 valence electrons. The van der Waals surface area contributed by atoms with Gasteiger partial charge in [0.25, 0.3) is 5.91 Å². The van der Waals surface area contributed by atoms with E-state index in [1.165, 1.54) is 17.4 Å². The standard InChI is InChI=1S/C24H22N4O3S/c1-2-31-24(30)19(14-26)21(27)17(12-15-8-4-3-5-9-15)22(29)28-23-18(13-25)16-10-6-7-11-20(16)32-23/h3-5,8-9,12H,2,6-7,10-11,27H2,1H3,(H,28,29)/b17-12+,21-19+. The molecular formula is C24H22N4O3S. The van der Waals surface area contributed by atoms with E-state index in [9.17, 15) is 20.1 Å². The van der Waals surface area contributed by atoms with Gasteiger partial charge in [0.15, 0.2) is 5.57 Å². The summed E-state index contributed by atoms with van der Waals surface area (Å²) in [5, 5.41) is 22.4. The van der Waals surface area contributed by atoms with Crippen LogP contribution in [-0.4, -0.2) is 18.5 Å². The summed E-state index contributed by atoms with van der Waals surface area (Å²) in [6, 6.07) is 12.9. The highest BCUT2D eigenvalue weighted by molar-refractivity contribution is 7.16. The Kier molecular flexibility index (Phi) is 7.43. The first-order valence-electron chi connectivity index (χ1n) is 10.2. The number of aryl methyl sites for hydroxylation is 1. The molecule has 0 atom stereocenters. The molecule has 1 heterocycles. The summed E-state index contributed by atoms with van der Waals surface area (Å²) in [5.74, 6) is -1.51. The predicted molar refractivity (Wildman–Crippen MR) is 122 cm³/mol. The maximum atomic E-state index is 13.3. The normalized spacial score (nSPS) is 13.8. The summed E-state index contributed by atoms with van der Waals surface area (Å²) in [5.41, 5.74) is 7.46. The summed E-state index contributed by atoms with van der Waals surface area (Å²) < 4.78 is 4.91. The van der Waals surface area contributed by atoms with E-state index in [-0.39, 0.29) is 17.9 Å². The van der Waals surface area contributed by atoms with Gasteiger partial charge in [-0.15, -0.1) is 11.3 Å². The highest BCUT2D eigenvalue weighted by atomic mass is 32.1. The van der Waals surface area contributed by atoms with Crippen LogP contribution in [0.25, 0.3) is 6.08 Å². The van der Waals surface area contributed by atoms with Crippen molar-refractivity contribution in [3.63, 3.8) is 0 Å². The number of benzene rings is 1. The number of thiophene rings is 1. The monoisotopic (exact) mass is 446 g/mol. The second-order valence-electron chi connectivity index (χ2n) is 7.07. The number of nitrogens with two attached hydrogens (primary N) is 1. The van der Waals surface area contributed by atoms with Gasteiger partial charge in [0.2, 0.25) is 0 Å². The van der Waals surface area contributed by atoms with Gasteiger partial charge in [-0.2, -0.15) is 10.5 Å². The molecule has 1 amide bonds. The van der Waals surface area contributed by atoms with Gasteiger partial charge in [0.05, 0.1) is 23.4 Å². The van der Waals surface area contributed by atoms with Gasteiger partial charge in [-0.25, -0.2) is 4.79 Å². The third kappa shape index (κ3) is 4.88. The molecule has 1 aromatic heterocycles. The molecule has 1 aliphatic rings. The predicted octanol–water partition coefficient (Wildman–Crippen LogP) is 3.82. The molecule has 0 aliphatic heterocycles. The minimum absolute atomic E-state index is 0.0592. The van der Waals surface area contributed by atoms with Crippen LogP contribution in [-0.2, 0) is 27.2 Å². The van der Waals surface area contributed by atoms with Gasteiger partial charge in [0, 0.05) is 4.88 Å². The van der Waals surface area contributed by atoms with Crippen molar-refractivity contribution in [2.24, 2.45) is 5.73 Å². The van der Waals surface area contributed by atoms with Crippen molar-refractivity contribution >= 4 is 34.3 Å². The average Bonchev–Trinajstić information content (AvgIpc) is 3.15. The first-order chi connectivity index (χ1) is 15.5. The van der Waals surface area contributed by atoms with Crippen LogP contribution >= 0.6 is 11.3 Å². The summed E-state index contributed by atoms with van der Waals surface area (Å²) in [4.78, 5) is 26.6. The zero-order chi connectivity index (χ0) is 23.1. The number of esters is 1. The number of hydrogen-bond acceptors (Lipinski definition) is 7. The average molecular weight is 447 g/mol. The first-order valence-corrected chi connectivity index (χ1v) is 11.0. The molecule has 0 fully saturated rings. The maximum Gasteiger partial charge on any atom is 0.351 e. The van der Waals surface area contributed by atoms with Crippen LogP contribution in [0, 0.1) is 22.7 Å². The number of amides is 1. The van der Waals surface area contributed by atoms with Crippen molar-refractivity contribution in [3.05, 3.63) is 68.7 Å². The fraction of sp³-hybridized carbons (Fsp3) is 0.250. The lowest BCUT2D eigenvalue weighted by Gasteiger charge is -2.11. The van der Waals surface area contributed by atoms with E-state index in [0.717, 1.165) is 36.1 Å². The second-order valence-corrected chi connectivity index (χ2v) is 8.18. The van der Waals surface area contributed by atoms with Crippen molar-refractivity contribution in [3.8, 4) is 12.1 Å². The molecule has 0 saturated carbocycles. The molecule has 3 N–H and O–H groups in total. The molecule has 8 heteroatoms. The summed E-state index contributed by atoms with van der Waals surface area (Å²) in [7, 11) is 0. The molecule has 1 aromatic carbocycles. The van der Waals surface area contributed by atoms with E-state index in [0.29, 0.717) is 16.1 Å². The highest BCUT2D eigenvalue weighted by Gasteiger charge is 2.25. The molecule has 0 unspecified atom stereocenters. The van der Waals surface area contributed by atoms with Crippen LogP contribution in [0.1, 0.15) is 41.3 Å². The Morgan fingerprint density at radius 1 is 1.22 bits per heavy atom. The maximum absolute atomic E-state index is 13.3. The number of nitrogens with one attached hydrogen (secondary N) is 1. The smallest absolute Gasteiger partial charge is 0.351 e. The number of fused-ring (bicyclic) bond motifs is 1. The quantitative estimate of drug-likeness (QED) is 0.300. The number of nitriles is 2. The SMILES string of the molecule is CCOC(=O)/C(C#N)=C(N)\C(=C/c1ccccc1)C(=O)Nc1sc2c(c1C#N)CCCC2. The Labute approximate surface area is 190 Å². The number of carbonyl (C=O) groups excluding carboxylic acids is 2. The molecule has 0 spiro atoms. The van der Waals surface area contributed by atoms with Gasteiger partial charge >= 0.3 is 5.97 Å². The molecule has 0 saturated heterocycles. The van der Waals surface area contributed by atoms with Crippen LogP contribution in [0.4, 0.5) is 5.00 Å². The lowest BCUT2D eigenvalue weighted by atomic mass is 9.96. The Morgan fingerprint density at radius 3 is 2.59 bits per heavy atom. The number of rotatable bonds is 6. The van der Waals surface area contributed by atoms with E-state index >= 15 is 0 Å². The fourth-order valence-corrected chi connectivity index (χ4v) is 4.71. The molecule has 0 radical (unpaired) electrons. The van der Waals surface area contributed by atoms with E-state index in [1.807, 2.05) is 6.07 Å². The van der Waals surface area contributed by atoms with Crippen LogP contribution in [0.2, 0.25) is 0 Å². The Balaban J connectivity index is 2.05. The van der Waals surface area contributed by atoms with Crippen molar-refractivity contribution in [2.75, 3.05) is 11.9 Å². The molecule has 1 aliphatic carbocycles. The Morgan fingerprint density at radius 2 is 1.94 bits per heavy atom. The number of anilines is 1. The number of hydrogen-bond donors (Lipinski definition) is 2. The number of ether oxygens (including phenoxy) is 1. The number of carbonyl (C=O) groups is 2. The first kappa shape index (κ1) is 22.8. The zero-order valence-corrected chi connectivity index (χ0v) is 18.4. The molecule has 32 heavy (non-hydrogen) atoms. The van der Waals surface area contributed by atoms with Crippen molar-refractivity contribution in [1.82, 2.24) is 0 Å². The van der Waals surface area contributed by atoms with Crippen molar-refractivity contribution in [1.29, 1.82) is 10.5 Å². The molecule has 7 nitrogen and oxygen atoms in total.